The van der Waals surface area contributed by atoms with Crippen LogP contribution in [0, 0.1) is 0 Å². The third-order valence-electron chi connectivity index (χ3n) is 4.85. The highest BCUT2D eigenvalue weighted by Gasteiger charge is 2.36. The summed E-state index contributed by atoms with van der Waals surface area (Å²) < 4.78 is 0.793. The van der Waals surface area contributed by atoms with Gasteiger partial charge in [-0.25, -0.2) is 4.90 Å². The van der Waals surface area contributed by atoms with E-state index in [0.29, 0.717) is 28.1 Å². The van der Waals surface area contributed by atoms with Crippen LogP contribution in [0.5, 0.6) is 0 Å². The van der Waals surface area contributed by atoms with Crippen molar-refractivity contribution in [3.63, 3.8) is 0 Å². The normalized spacial score (nSPS) is 12.8. The second kappa shape index (κ2) is 7.64. The van der Waals surface area contributed by atoms with Gasteiger partial charge in [-0.15, -0.1) is 0 Å². The number of anilines is 2. The van der Waals surface area contributed by atoms with E-state index in [1.54, 1.807) is 48.5 Å². The molecule has 1 aliphatic heterocycles. The van der Waals surface area contributed by atoms with E-state index in [1.807, 2.05) is 18.2 Å². The van der Waals surface area contributed by atoms with Crippen LogP contribution < -0.4 is 10.2 Å². The molecule has 1 N–H and O–H groups in total. The molecule has 4 rings (SSSR count). The largest absolute Gasteiger partial charge is 0.321 e. The van der Waals surface area contributed by atoms with Crippen LogP contribution in [0.2, 0.25) is 0 Å². The molecule has 6 heteroatoms. The van der Waals surface area contributed by atoms with Gasteiger partial charge in [-0.2, -0.15) is 0 Å². The van der Waals surface area contributed by atoms with Crippen molar-refractivity contribution in [3.8, 4) is 0 Å². The molecule has 0 aliphatic carbocycles. The van der Waals surface area contributed by atoms with Gasteiger partial charge in [0.1, 0.15) is 0 Å². The van der Waals surface area contributed by atoms with E-state index in [-0.39, 0.29) is 17.7 Å². The number of halogens is 1. The van der Waals surface area contributed by atoms with Crippen molar-refractivity contribution >= 4 is 45.0 Å². The summed E-state index contributed by atoms with van der Waals surface area (Å²) in [6.07, 6.45) is 0.898. The van der Waals surface area contributed by atoms with Gasteiger partial charge in [-0.1, -0.05) is 31.2 Å². The number of fused-ring (bicyclic) bond motifs is 1. The Kier molecular flexibility index (Phi) is 5.03. The molecule has 29 heavy (non-hydrogen) atoms. The smallest absolute Gasteiger partial charge is 0.266 e. The highest BCUT2D eigenvalue weighted by molar-refractivity contribution is 9.10. The Labute approximate surface area is 176 Å². The first-order chi connectivity index (χ1) is 14.0. The number of aryl methyl sites for hydroxylation is 1. The topological polar surface area (TPSA) is 66.5 Å². The summed E-state index contributed by atoms with van der Waals surface area (Å²) >= 11 is 3.48. The summed E-state index contributed by atoms with van der Waals surface area (Å²) in [5, 5.41) is 2.86. The fourth-order valence-electron chi connectivity index (χ4n) is 3.28. The summed E-state index contributed by atoms with van der Waals surface area (Å²) in [4.78, 5) is 39.2. The Morgan fingerprint density at radius 2 is 1.62 bits per heavy atom. The average Bonchev–Trinajstić information content (AvgIpc) is 3.00. The van der Waals surface area contributed by atoms with E-state index in [2.05, 4.69) is 28.2 Å². The molecule has 0 saturated carbocycles. The predicted octanol–water partition coefficient (Wildman–Crippen LogP) is 5.06. The molecule has 1 aliphatic rings. The SMILES string of the molecule is CCc1ccc(NC(=O)c2cccc(N3C(=O)c4ccccc4C3=O)c2)c(Br)c1. The van der Waals surface area contributed by atoms with E-state index in [1.165, 1.54) is 0 Å². The van der Waals surface area contributed by atoms with E-state index in [9.17, 15) is 14.4 Å². The monoisotopic (exact) mass is 448 g/mol. The fourth-order valence-corrected chi connectivity index (χ4v) is 3.81. The number of nitrogens with one attached hydrogen (secondary N) is 1. The number of hydrogen-bond donors (Lipinski definition) is 1. The van der Waals surface area contributed by atoms with Crippen molar-refractivity contribution in [1.29, 1.82) is 0 Å². The van der Waals surface area contributed by atoms with Gasteiger partial charge in [0.15, 0.2) is 0 Å². The van der Waals surface area contributed by atoms with Crippen molar-refractivity contribution in [1.82, 2.24) is 0 Å². The Bertz CT molecular complexity index is 1120. The number of carbonyl (C=O) groups excluding carboxylic acids is 3. The zero-order valence-corrected chi connectivity index (χ0v) is 17.2. The third kappa shape index (κ3) is 3.47. The van der Waals surface area contributed by atoms with Gasteiger partial charge in [0.05, 0.1) is 22.5 Å². The van der Waals surface area contributed by atoms with Crippen LogP contribution in [-0.2, 0) is 6.42 Å². The number of rotatable bonds is 4. The maximum absolute atomic E-state index is 12.7. The lowest BCUT2D eigenvalue weighted by Crippen LogP contribution is -2.29. The van der Waals surface area contributed by atoms with Crippen LogP contribution in [-0.4, -0.2) is 17.7 Å². The fraction of sp³-hybridized carbons (Fsp3) is 0.0870. The Hall–Kier alpha value is -3.25. The molecule has 0 spiro atoms. The van der Waals surface area contributed by atoms with Crippen LogP contribution in [0.1, 0.15) is 43.6 Å². The number of nitrogens with zero attached hydrogens (tertiary/aromatic N) is 1. The van der Waals surface area contributed by atoms with Crippen molar-refractivity contribution in [2.24, 2.45) is 0 Å². The number of benzene rings is 3. The van der Waals surface area contributed by atoms with Crippen molar-refractivity contribution in [3.05, 3.63) is 93.5 Å². The van der Waals surface area contributed by atoms with Gasteiger partial charge in [0.25, 0.3) is 17.7 Å². The summed E-state index contributed by atoms with van der Waals surface area (Å²) in [5.74, 6) is -1.10. The molecule has 0 unspecified atom stereocenters. The molecule has 144 valence electrons. The van der Waals surface area contributed by atoms with Crippen molar-refractivity contribution < 1.29 is 14.4 Å². The van der Waals surface area contributed by atoms with E-state index in [0.717, 1.165) is 21.4 Å². The molecule has 0 atom stereocenters. The molecular weight excluding hydrogens is 432 g/mol. The van der Waals surface area contributed by atoms with Gasteiger partial charge < -0.3 is 5.32 Å². The van der Waals surface area contributed by atoms with Gasteiger partial charge in [0.2, 0.25) is 0 Å². The first-order valence-electron chi connectivity index (χ1n) is 9.17. The second-order valence-electron chi connectivity index (χ2n) is 6.66. The molecule has 0 saturated heterocycles. The van der Waals surface area contributed by atoms with E-state index >= 15 is 0 Å². The molecule has 0 aromatic heterocycles. The Morgan fingerprint density at radius 3 is 2.24 bits per heavy atom. The highest BCUT2D eigenvalue weighted by atomic mass is 79.9. The maximum Gasteiger partial charge on any atom is 0.266 e. The maximum atomic E-state index is 12.7. The molecule has 0 radical (unpaired) electrons. The second-order valence-corrected chi connectivity index (χ2v) is 7.52. The first kappa shape index (κ1) is 19.1. The lowest BCUT2D eigenvalue weighted by atomic mass is 10.1. The van der Waals surface area contributed by atoms with Gasteiger partial charge in [-0.05, 0) is 70.4 Å². The van der Waals surface area contributed by atoms with Gasteiger partial charge in [0, 0.05) is 10.0 Å². The number of amides is 3. The minimum Gasteiger partial charge on any atom is -0.321 e. The molecular formula is C23H17BrN2O3. The standard InChI is InChI=1S/C23H17BrN2O3/c1-2-14-10-11-20(19(24)12-14)25-21(27)15-6-5-7-16(13-15)26-22(28)17-8-3-4-9-18(17)23(26)29/h3-13H,2H2,1H3,(H,25,27). The molecule has 0 bridgehead atoms. The Morgan fingerprint density at radius 1 is 0.931 bits per heavy atom. The summed E-state index contributed by atoms with van der Waals surface area (Å²) in [6.45, 7) is 2.06. The minimum atomic E-state index is -0.388. The molecule has 3 aromatic rings. The van der Waals surface area contributed by atoms with Crippen molar-refractivity contribution in [2.45, 2.75) is 13.3 Å². The van der Waals surface area contributed by atoms with Gasteiger partial charge >= 0.3 is 0 Å². The van der Waals surface area contributed by atoms with Gasteiger partial charge in [-0.3, -0.25) is 14.4 Å². The number of imide groups is 1. The molecule has 3 amide bonds. The lowest BCUT2D eigenvalue weighted by molar-refractivity contribution is 0.0924. The predicted molar refractivity (Wildman–Crippen MR) is 115 cm³/mol. The summed E-state index contributed by atoms with van der Waals surface area (Å²) in [5.41, 5.74) is 3.26. The zero-order chi connectivity index (χ0) is 20.5. The lowest BCUT2D eigenvalue weighted by Gasteiger charge is -2.15. The number of hydrogen-bond acceptors (Lipinski definition) is 3. The van der Waals surface area contributed by atoms with Crippen LogP contribution >= 0.6 is 15.9 Å². The van der Waals surface area contributed by atoms with E-state index < -0.39 is 0 Å². The van der Waals surface area contributed by atoms with Crippen LogP contribution in [0.25, 0.3) is 0 Å². The quantitative estimate of drug-likeness (QED) is 0.566. The van der Waals surface area contributed by atoms with Crippen LogP contribution in [0.15, 0.2) is 71.2 Å². The van der Waals surface area contributed by atoms with Crippen LogP contribution in [0.4, 0.5) is 11.4 Å². The third-order valence-corrected chi connectivity index (χ3v) is 5.51. The molecule has 5 nitrogen and oxygen atoms in total. The molecule has 3 aromatic carbocycles. The first-order valence-corrected chi connectivity index (χ1v) is 9.96. The molecule has 1 heterocycles. The minimum absolute atomic E-state index is 0.326. The zero-order valence-electron chi connectivity index (χ0n) is 15.6. The summed E-state index contributed by atoms with van der Waals surface area (Å²) in [7, 11) is 0. The van der Waals surface area contributed by atoms with Crippen LogP contribution in [0.3, 0.4) is 0 Å². The number of carbonyl (C=O) groups is 3. The van der Waals surface area contributed by atoms with E-state index in [4.69, 9.17) is 0 Å². The molecule has 0 fully saturated rings. The van der Waals surface area contributed by atoms with Crippen molar-refractivity contribution in [2.75, 3.05) is 10.2 Å². The summed E-state index contributed by atoms with van der Waals surface area (Å²) in [6, 6.07) is 18.9. The average molecular weight is 449 g/mol. The Balaban J connectivity index is 1.61. The highest BCUT2D eigenvalue weighted by Crippen LogP contribution is 2.29.